The lowest BCUT2D eigenvalue weighted by atomic mass is 10.1. The Labute approximate surface area is 140 Å². The monoisotopic (exact) mass is 329 g/mol. The summed E-state index contributed by atoms with van der Waals surface area (Å²) in [5.41, 5.74) is 0.595. The number of Topliss-reactive ketones (excluding diaryl/α,β-unsaturated/α-hetero) is 1. The molecule has 1 amide bonds. The molecule has 0 bridgehead atoms. The zero-order chi connectivity index (χ0) is 16.7. The van der Waals surface area contributed by atoms with Crippen LogP contribution in [0.4, 0.5) is 0 Å². The van der Waals surface area contributed by atoms with Gasteiger partial charge in [-0.3, -0.25) is 9.59 Å². The molecular formula is C18H19NO3S. The van der Waals surface area contributed by atoms with E-state index in [1.807, 2.05) is 30.3 Å². The maximum atomic E-state index is 12.2. The second kappa shape index (κ2) is 8.39. The second-order valence-corrected chi connectivity index (χ2v) is 6.30. The van der Waals surface area contributed by atoms with E-state index in [0.717, 1.165) is 10.6 Å². The summed E-state index contributed by atoms with van der Waals surface area (Å²) >= 11 is 1.40. The Hall–Kier alpha value is -2.27. The van der Waals surface area contributed by atoms with E-state index in [1.165, 1.54) is 11.8 Å². The van der Waals surface area contributed by atoms with Gasteiger partial charge in [-0.2, -0.15) is 0 Å². The van der Waals surface area contributed by atoms with Gasteiger partial charge in [0.1, 0.15) is 5.75 Å². The fourth-order valence-electron chi connectivity index (χ4n) is 2.00. The van der Waals surface area contributed by atoms with Gasteiger partial charge in [0.25, 0.3) is 0 Å². The van der Waals surface area contributed by atoms with Crippen molar-refractivity contribution in [2.75, 3.05) is 13.7 Å². The van der Waals surface area contributed by atoms with Crippen LogP contribution in [0.25, 0.3) is 0 Å². The fraction of sp³-hybridized carbons (Fsp3) is 0.222. The Kier molecular flexibility index (Phi) is 6.23. The molecule has 0 heterocycles. The average molecular weight is 329 g/mol. The van der Waals surface area contributed by atoms with Gasteiger partial charge in [-0.1, -0.05) is 42.5 Å². The molecule has 5 heteroatoms. The summed E-state index contributed by atoms with van der Waals surface area (Å²) < 4.78 is 5.28. The van der Waals surface area contributed by atoms with Crippen molar-refractivity contribution in [2.24, 2.45) is 0 Å². The Morgan fingerprint density at radius 1 is 1.09 bits per heavy atom. The third-order valence-electron chi connectivity index (χ3n) is 3.26. The molecule has 0 aliphatic carbocycles. The van der Waals surface area contributed by atoms with Crippen molar-refractivity contribution in [2.45, 2.75) is 17.1 Å². The molecule has 0 saturated carbocycles. The number of ether oxygens (including phenoxy) is 1. The molecule has 2 aromatic rings. The number of nitrogens with one attached hydrogen (secondary N) is 1. The van der Waals surface area contributed by atoms with Crippen LogP contribution in [-0.2, 0) is 4.79 Å². The smallest absolute Gasteiger partial charge is 0.233 e. The van der Waals surface area contributed by atoms with E-state index >= 15 is 0 Å². The molecule has 2 aromatic carbocycles. The first-order valence-corrected chi connectivity index (χ1v) is 8.15. The molecule has 23 heavy (non-hydrogen) atoms. The van der Waals surface area contributed by atoms with E-state index in [-0.39, 0.29) is 23.5 Å². The number of ketones is 1. The molecule has 4 nitrogen and oxygen atoms in total. The molecule has 1 N–H and O–H groups in total. The first-order chi connectivity index (χ1) is 11.1. The van der Waals surface area contributed by atoms with Crippen LogP contribution in [0.1, 0.15) is 17.3 Å². The number of carbonyl (C=O) groups is 2. The fourth-order valence-corrected chi connectivity index (χ4v) is 2.99. The summed E-state index contributed by atoms with van der Waals surface area (Å²) in [6.45, 7) is 1.80. The summed E-state index contributed by atoms with van der Waals surface area (Å²) in [5, 5.41) is 2.36. The minimum absolute atomic E-state index is 0.000326. The molecular weight excluding hydrogens is 310 g/mol. The molecule has 2 rings (SSSR count). The maximum Gasteiger partial charge on any atom is 0.233 e. The Morgan fingerprint density at radius 3 is 2.43 bits per heavy atom. The van der Waals surface area contributed by atoms with Crippen LogP contribution in [0, 0.1) is 0 Å². The van der Waals surface area contributed by atoms with Crippen molar-refractivity contribution in [3.63, 3.8) is 0 Å². The number of rotatable bonds is 7. The van der Waals surface area contributed by atoms with Crippen LogP contribution >= 0.6 is 11.8 Å². The topological polar surface area (TPSA) is 55.4 Å². The lowest BCUT2D eigenvalue weighted by Gasteiger charge is -2.13. The van der Waals surface area contributed by atoms with Gasteiger partial charge >= 0.3 is 0 Å². The SMILES string of the molecule is COc1ccccc1S[C@@H](C)C(=O)NCC(=O)c1ccccc1. The van der Waals surface area contributed by atoms with E-state index in [0.29, 0.717) is 5.56 Å². The highest BCUT2D eigenvalue weighted by atomic mass is 32.2. The maximum absolute atomic E-state index is 12.2. The van der Waals surface area contributed by atoms with Gasteiger partial charge in [-0.15, -0.1) is 11.8 Å². The van der Waals surface area contributed by atoms with Crippen LogP contribution in [0.3, 0.4) is 0 Å². The number of thioether (sulfide) groups is 1. The van der Waals surface area contributed by atoms with Crippen LogP contribution in [0.2, 0.25) is 0 Å². The minimum Gasteiger partial charge on any atom is -0.496 e. The van der Waals surface area contributed by atoms with Crippen molar-refractivity contribution in [3.05, 3.63) is 60.2 Å². The number of carbonyl (C=O) groups excluding carboxylic acids is 2. The Balaban J connectivity index is 1.89. The number of benzene rings is 2. The average Bonchev–Trinajstić information content (AvgIpc) is 2.60. The third kappa shape index (κ3) is 4.86. The van der Waals surface area contributed by atoms with Gasteiger partial charge in [-0.25, -0.2) is 0 Å². The first kappa shape index (κ1) is 17.1. The van der Waals surface area contributed by atoms with E-state index in [4.69, 9.17) is 4.74 Å². The van der Waals surface area contributed by atoms with E-state index in [9.17, 15) is 9.59 Å². The number of methoxy groups -OCH3 is 1. The molecule has 0 aliphatic rings. The highest BCUT2D eigenvalue weighted by Gasteiger charge is 2.17. The zero-order valence-corrected chi connectivity index (χ0v) is 13.9. The Morgan fingerprint density at radius 2 is 1.74 bits per heavy atom. The van der Waals surface area contributed by atoms with Gasteiger partial charge in [-0.05, 0) is 19.1 Å². The lowest BCUT2D eigenvalue weighted by molar-refractivity contribution is -0.120. The van der Waals surface area contributed by atoms with Gasteiger partial charge in [0.15, 0.2) is 5.78 Å². The van der Waals surface area contributed by atoms with Crippen LogP contribution in [-0.4, -0.2) is 30.6 Å². The zero-order valence-electron chi connectivity index (χ0n) is 13.1. The molecule has 0 unspecified atom stereocenters. The standard InChI is InChI=1S/C18H19NO3S/c1-13(23-17-11-7-6-10-16(17)22-2)18(21)19-12-15(20)14-8-4-3-5-9-14/h3-11,13H,12H2,1-2H3,(H,19,21)/t13-/m0/s1. The van der Waals surface area contributed by atoms with Gasteiger partial charge in [0.2, 0.25) is 5.91 Å². The highest BCUT2D eigenvalue weighted by Crippen LogP contribution is 2.31. The summed E-state index contributed by atoms with van der Waals surface area (Å²) in [6.07, 6.45) is 0. The van der Waals surface area contributed by atoms with Crippen molar-refractivity contribution in [1.29, 1.82) is 0 Å². The Bertz CT molecular complexity index is 673. The molecule has 0 fully saturated rings. The van der Waals surface area contributed by atoms with Gasteiger partial charge in [0, 0.05) is 5.56 Å². The predicted octanol–water partition coefficient (Wildman–Crippen LogP) is 3.17. The summed E-state index contributed by atoms with van der Waals surface area (Å²) in [4.78, 5) is 25.0. The number of amides is 1. The third-order valence-corrected chi connectivity index (χ3v) is 4.42. The number of hydrogen-bond acceptors (Lipinski definition) is 4. The summed E-state index contributed by atoms with van der Waals surface area (Å²) in [5.74, 6) is 0.455. The van der Waals surface area contributed by atoms with Crippen LogP contribution in [0.5, 0.6) is 5.75 Å². The second-order valence-electron chi connectivity index (χ2n) is 4.92. The van der Waals surface area contributed by atoms with Crippen molar-refractivity contribution in [1.82, 2.24) is 5.32 Å². The molecule has 1 atom stereocenters. The molecule has 0 saturated heterocycles. The number of para-hydroxylation sites is 1. The molecule has 120 valence electrons. The lowest BCUT2D eigenvalue weighted by Crippen LogP contribution is -2.35. The van der Waals surface area contributed by atoms with Crippen molar-refractivity contribution in [3.8, 4) is 5.75 Å². The van der Waals surface area contributed by atoms with Crippen molar-refractivity contribution < 1.29 is 14.3 Å². The van der Waals surface area contributed by atoms with E-state index in [2.05, 4.69) is 5.32 Å². The predicted molar refractivity (Wildman–Crippen MR) is 92.1 cm³/mol. The molecule has 0 spiro atoms. The quantitative estimate of drug-likeness (QED) is 0.626. The number of hydrogen-bond donors (Lipinski definition) is 1. The normalized spacial score (nSPS) is 11.6. The van der Waals surface area contributed by atoms with E-state index in [1.54, 1.807) is 38.3 Å². The highest BCUT2D eigenvalue weighted by molar-refractivity contribution is 8.00. The van der Waals surface area contributed by atoms with E-state index < -0.39 is 0 Å². The molecule has 0 aromatic heterocycles. The summed E-state index contributed by atoms with van der Waals surface area (Å²) in [6, 6.07) is 16.5. The molecule has 0 aliphatic heterocycles. The largest absolute Gasteiger partial charge is 0.496 e. The minimum atomic E-state index is -0.324. The molecule has 0 radical (unpaired) electrons. The summed E-state index contributed by atoms with van der Waals surface area (Å²) in [7, 11) is 1.60. The van der Waals surface area contributed by atoms with Crippen LogP contribution in [0.15, 0.2) is 59.5 Å². The van der Waals surface area contributed by atoms with Gasteiger partial charge < -0.3 is 10.1 Å². The van der Waals surface area contributed by atoms with Crippen molar-refractivity contribution >= 4 is 23.5 Å². The first-order valence-electron chi connectivity index (χ1n) is 7.27. The van der Waals surface area contributed by atoms with Gasteiger partial charge in [0.05, 0.1) is 23.8 Å². The van der Waals surface area contributed by atoms with Crippen LogP contribution < -0.4 is 10.1 Å².